The molecule has 1 unspecified atom stereocenters. The first-order chi connectivity index (χ1) is 7.11. The highest BCUT2D eigenvalue weighted by Crippen LogP contribution is 2.10. The molecule has 1 amide bonds. The van der Waals surface area contributed by atoms with E-state index in [0.717, 1.165) is 0 Å². The first kappa shape index (κ1) is 14.9. The third kappa shape index (κ3) is 7.20. The fourth-order valence-corrected chi connectivity index (χ4v) is 1.13. The van der Waals surface area contributed by atoms with Crippen molar-refractivity contribution in [1.82, 2.24) is 5.32 Å². The molecule has 0 rings (SSSR count). The SMILES string of the molecule is CC(C)CC(NC(=O)OC(C)(C)C)C(=O)F. The summed E-state index contributed by atoms with van der Waals surface area (Å²) in [6.45, 7) is 8.77. The van der Waals surface area contributed by atoms with Crippen LogP contribution in [0.15, 0.2) is 0 Å². The van der Waals surface area contributed by atoms with Crippen LogP contribution in [0.5, 0.6) is 0 Å². The summed E-state index contributed by atoms with van der Waals surface area (Å²) in [7, 11) is 0. The summed E-state index contributed by atoms with van der Waals surface area (Å²) in [6.07, 6.45) is -0.515. The van der Waals surface area contributed by atoms with E-state index in [-0.39, 0.29) is 12.3 Å². The van der Waals surface area contributed by atoms with Crippen molar-refractivity contribution < 1.29 is 18.7 Å². The lowest BCUT2D eigenvalue weighted by Gasteiger charge is -2.22. The van der Waals surface area contributed by atoms with E-state index in [1.165, 1.54) is 0 Å². The monoisotopic (exact) mass is 233 g/mol. The Morgan fingerprint density at radius 3 is 2.12 bits per heavy atom. The maximum Gasteiger partial charge on any atom is 0.408 e. The van der Waals surface area contributed by atoms with Crippen LogP contribution in [0.4, 0.5) is 9.18 Å². The van der Waals surface area contributed by atoms with Crippen LogP contribution < -0.4 is 5.32 Å². The summed E-state index contributed by atoms with van der Waals surface area (Å²) in [4.78, 5) is 21.9. The van der Waals surface area contributed by atoms with E-state index in [1.807, 2.05) is 13.8 Å². The Hall–Kier alpha value is -1.13. The van der Waals surface area contributed by atoms with Crippen molar-refractivity contribution >= 4 is 12.1 Å². The second-order valence-electron chi connectivity index (χ2n) is 5.13. The molecule has 4 nitrogen and oxygen atoms in total. The maximum atomic E-state index is 12.6. The molecule has 0 bridgehead atoms. The second-order valence-corrected chi connectivity index (χ2v) is 5.13. The summed E-state index contributed by atoms with van der Waals surface area (Å²) >= 11 is 0. The van der Waals surface area contributed by atoms with Gasteiger partial charge in [-0.2, -0.15) is 4.39 Å². The van der Waals surface area contributed by atoms with Crippen LogP contribution in [0.25, 0.3) is 0 Å². The highest BCUT2D eigenvalue weighted by molar-refractivity contribution is 5.80. The Morgan fingerprint density at radius 2 is 1.81 bits per heavy atom. The standard InChI is InChI=1S/C11H20FNO3/c1-7(2)6-8(9(12)14)13-10(15)16-11(3,4)5/h7-8H,6H2,1-5H3,(H,13,15). The number of amides is 1. The van der Waals surface area contributed by atoms with Gasteiger partial charge >= 0.3 is 12.1 Å². The Labute approximate surface area is 95.5 Å². The minimum absolute atomic E-state index is 0.111. The zero-order valence-electron chi connectivity index (χ0n) is 10.5. The third-order valence-electron chi connectivity index (χ3n) is 1.67. The number of ether oxygens (including phenoxy) is 1. The Balaban J connectivity index is 4.30. The molecule has 0 aromatic rings. The van der Waals surface area contributed by atoms with Gasteiger partial charge in [-0.1, -0.05) is 13.8 Å². The van der Waals surface area contributed by atoms with E-state index in [2.05, 4.69) is 5.32 Å². The molecule has 0 saturated carbocycles. The average molecular weight is 233 g/mol. The molecule has 1 atom stereocenters. The number of nitrogens with one attached hydrogen (secondary N) is 1. The van der Waals surface area contributed by atoms with Crippen molar-refractivity contribution in [3.63, 3.8) is 0 Å². The largest absolute Gasteiger partial charge is 0.444 e. The highest BCUT2D eigenvalue weighted by Gasteiger charge is 2.24. The summed E-state index contributed by atoms with van der Waals surface area (Å²) in [5.74, 6) is 0.111. The van der Waals surface area contributed by atoms with Gasteiger partial charge in [-0.15, -0.1) is 0 Å². The van der Waals surface area contributed by atoms with Crippen molar-refractivity contribution in [3.05, 3.63) is 0 Å². The molecule has 16 heavy (non-hydrogen) atoms. The first-order valence-electron chi connectivity index (χ1n) is 5.30. The number of halogens is 1. The topological polar surface area (TPSA) is 55.4 Å². The highest BCUT2D eigenvalue weighted by atomic mass is 19.1. The van der Waals surface area contributed by atoms with Crippen molar-refractivity contribution in [3.8, 4) is 0 Å². The minimum Gasteiger partial charge on any atom is -0.444 e. The van der Waals surface area contributed by atoms with Gasteiger partial charge in [0.15, 0.2) is 0 Å². The summed E-state index contributed by atoms with van der Waals surface area (Å²) in [6, 6.07) is -2.66. The zero-order chi connectivity index (χ0) is 12.9. The number of carbonyl (C=O) groups is 2. The smallest absolute Gasteiger partial charge is 0.408 e. The second kappa shape index (κ2) is 5.82. The van der Waals surface area contributed by atoms with Gasteiger partial charge in [-0.05, 0) is 33.1 Å². The van der Waals surface area contributed by atoms with E-state index in [0.29, 0.717) is 0 Å². The number of rotatable bonds is 4. The fraction of sp³-hybridized carbons (Fsp3) is 0.818. The number of alkyl carbamates (subject to hydrolysis) is 1. The predicted octanol–water partition coefficient (Wildman–Crippen LogP) is 2.42. The van der Waals surface area contributed by atoms with Crippen LogP contribution in [0.2, 0.25) is 0 Å². The third-order valence-corrected chi connectivity index (χ3v) is 1.67. The van der Waals surface area contributed by atoms with E-state index >= 15 is 0 Å². The minimum atomic E-state index is -1.54. The molecule has 0 fully saturated rings. The lowest BCUT2D eigenvalue weighted by atomic mass is 10.0. The van der Waals surface area contributed by atoms with Gasteiger partial charge < -0.3 is 10.1 Å². The Morgan fingerprint density at radius 1 is 1.31 bits per heavy atom. The molecular formula is C11H20FNO3. The van der Waals surface area contributed by atoms with E-state index in [9.17, 15) is 14.0 Å². The number of carbonyl (C=O) groups excluding carboxylic acids is 2. The van der Waals surface area contributed by atoms with Gasteiger partial charge in [0.2, 0.25) is 0 Å². The summed E-state index contributed by atoms with van der Waals surface area (Å²) < 4.78 is 17.5. The Kier molecular flexibility index (Phi) is 5.41. The summed E-state index contributed by atoms with van der Waals surface area (Å²) in [5.41, 5.74) is -0.661. The van der Waals surface area contributed by atoms with Gasteiger partial charge in [0.1, 0.15) is 11.6 Å². The number of hydrogen-bond acceptors (Lipinski definition) is 3. The molecule has 0 aromatic heterocycles. The average Bonchev–Trinajstić information content (AvgIpc) is 1.97. The van der Waals surface area contributed by atoms with Gasteiger partial charge in [0.25, 0.3) is 0 Å². The zero-order valence-corrected chi connectivity index (χ0v) is 10.5. The molecule has 94 valence electrons. The summed E-state index contributed by atoms with van der Waals surface area (Å²) in [5, 5.41) is 2.22. The van der Waals surface area contributed by atoms with E-state index in [1.54, 1.807) is 20.8 Å². The molecule has 0 aromatic carbocycles. The molecule has 0 saturated heterocycles. The number of hydrogen-bond donors (Lipinski definition) is 1. The van der Waals surface area contributed by atoms with Crippen LogP contribution in [0, 0.1) is 5.92 Å². The van der Waals surface area contributed by atoms with Gasteiger partial charge in [0.05, 0.1) is 0 Å². The molecule has 1 N–H and O–H groups in total. The molecule has 0 aliphatic heterocycles. The van der Waals surface area contributed by atoms with Crippen LogP contribution in [0.1, 0.15) is 41.0 Å². The molecular weight excluding hydrogens is 213 g/mol. The normalized spacial score (nSPS) is 13.4. The molecule has 5 heteroatoms. The lowest BCUT2D eigenvalue weighted by molar-refractivity contribution is -0.131. The van der Waals surface area contributed by atoms with Crippen molar-refractivity contribution in [2.45, 2.75) is 52.7 Å². The maximum absolute atomic E-state index is 12.6. The van der Waals surface area contributed by atoms with Crippen molar-refractivity contribution in [2.75, 3.05) is 0 Å². The quantitative estimate of drug-likeness (QED) is 0.759. The van der Waals surface area contributed by atoms with E-state index in [4.69, 9.17) is 4.74 Å². The molecule has 0 aliphatic carbocycles. The van der Waals surface area contributed by atoms with Gasteiger partial charge in [0, 0.05) is 0 Å². The Bertz CT molecular complexity index is 258. The van der Waals surface area contributed by atoms with E-state index < -0.39 is 23.8 Å². The van der Waals surface area contributed by atoms with Crippen LogP contribution in [-0.4, -0.2) is 23.8 Å². The van der Waals surface area contributed by atoms with Crippen LogP contribution >= 0.6 is 0 Å². The fourth-order valence-electron chi connectivity index (χ4n) is 1.13. The van der Waals surface area contributed by atoms with Gasteiger partial charge in [-0.3, -0.25) is 4.79 Å². The van der Waals surface area contributed by atoms with Crippen LogP contribution in [-0.2, 0) is 9.53 Å². The van der Waals surface area contributed by atoms with Crippen molar-refractivity contribution in [1.29, 1.82) is 0 Å². The van der Waals surface area contributed by atoms with Crippen LogP contribution in [0.3, 0.4) is 0 Å². The molecule has 0 spiro atoms. The predicted molar refractivity (Wildman–Crippen MR) is 58.7 cm³/mol. The lowest BCUT2D eigenvalue weighted by Crippen LogP contribution is -2.43. The molecule has 0 heterocycles. The molecule has 0 radical (unpaired) electrons. The first-order valence-corrected chi connectivity index (χ1v) is 5.30. The molecule has 0 aliphatic rings. The van der Waals surface area contributed by atoms with Gasteiger partial charge in [-0.25, -0.2) is 4.79 Å². The van der Waals surface area contributed by atoms with Crippen molar-refractivity contribution in [2.24, 2.45) is 5.92 Å².